The van der Waals surface area contributed by atoms with E-state index in [0.29, 0.717) is 28.5 Å². The molecule has 0 aliphatic rings. The van der Waals surface area contributed by atoms with Crippen LogP contribution in [0, 0.1) is 0 Å². The van der Waals surface area contributed by atoms with Crippen LogP contribution in [0.25, 0.3) is 11.1 Å². The van der Waals surface area contributed by atoms with Crippen molar-refractivity contribution in [3.8, 4) is 28.4 Å². The van der Waals surface area contributed by atoms with Crippen molar-refractivity contribution in [3.05, 3.63) is 35.9 Å². The van der Waals surface area contributed by atoms with Crippen LogP contribution in [0.2, 0.25) is 0 Å². The number of carbonyl (C=O) groups excluding carboxylic acids is 1. The highest BCUT2D eigenvalue weighted by Crippen LogP contribution is 2.41. The molecule has 116 valence electrons. The number of anilines is 1. The number of methoxy groups -OCH3 is 3. The number of nitrogen functional groups attached to an aromatic ring is 1. The summed E-state index contributed by atoms with van der Waals surface area (Å²) in [6.45, 7) is 1.50. The molecule has 0 amide bonds. The molecule has 0 saturated carbocycles. The highest BCUT2D eigenvalue weighted by molar-refractivity contribution is 5.97. The largest absolute Gasteiger partial charge is 0.496 e. The first-order valence-electron chi connectivity index (χ1n) is 6.72. The van der Waals surface area contributed by atoms with Crippen LogP contribution < -0.4 is 19.9 Å². The molecule has 2 rings (SSSR count). The third-order valence-electron chi connectivity index (χ3n) is 3.39. The number of carbonyl (C=O) groups is 1. The van der Waals surface area contributed by atoms with Crippen LogP contribution in [0.3, 0.4) is 0 Å². The van der Waals surface area contributed by atoms with Gasteiger partial charge in [-0.15, -0.1) is 0 Å². The molecule has 0 spiro atoms. The number of ketones is 1. The lowest BCUT2D eigenvalue weighted by Crippen LogP contribution is -1.99. The molecular weight excluding hydrogens is 282 g/mol. The zero-order valence-electron chi connectivity index (χ0n) is 13.1. The Hall–Kier alpha value is -2.69. The second kappa shape index (κ2) is 6.39. The third kappa shape index (κ3) is 2.83. The zero-order valence-corrected chi connectivity index (χ0v) is 13.1. The molecule has 2 aromatic carbocycles. The van der Waals surface area contributed by atoms with Crippen LogP contribution in [0.5, 0.6) is 17.2 Å². The van der Waals surface area contributed by atoms with Crippen LogP contribution in [0.1, 0.15) is 17.3 Å². The minimum atomic E-state index is -0.0551. The molecule has 0 aromatic heterocycles. The lowest BCUT2D eigenvalue weighted by atomic mass is 10.00. The van der Waals surface area contributed by atoms with E-state index in [1.54, 1.807) is 38.5 Å². The first-order chi connectivity index (χ1) is 10.5. The highest BCUT2D eigenvalue weighted by atomic mass is 16.5. The summed E-state index contributed by atoms with van der Waals surface area (Å²) in [5, 5.41) is 0. The van der Waals surface area contributed by atoms with Gasteiger partial charge in [-0.05, 0) is 30.7 Å². The Morgan fingerprint density at radius 1 is 0.955 bits per heavy atom. The standard InChI is InChI=1S/C17H19NO4/c1-10(19)13-6-5-11(7-15(13)20-2)14-8-12(18)9-16(21-3)17(14)22-4/h5-9H,18H2,1-4H3. The van der Waals surface area contributed by atoms with Gasteiger partial charge >= 0.3 is 0 Å². The van der Waals surface area contributed by atoms with E-state index in [2.05, 4.69) is 0 Å². The summed E-state index contributed by atoms with van der Waals surface area (Å²) in [6.07, 6.45) is 0. The monoisotopic (exact) mass is 301 g/mol. The number of hydrogen-bond donors (Lipinski definition) is 1. The highest BCUT2D eigenvalue weighted by Gasteiger charge is 2.16. The summed E-state index contributed by atoms with van der Waals surface area (Å²) in [5.74, 6) is 1.58. The average molecular weight is 301 g/mol. The number of ether oxygens (including phenoxy) is 3. The van der Waals surface area contributed by atoms with Crippen molar-refractivity contribution < 1.29 is 19.0 Å². The summed E-state index contributed by atoms with van der Waals surface area (Å²) < 4.78 is 16.1. The first kappa shape index (κ1) is 15.7. The van der Waals surface area contributed by atoms with Crippen molar-refractivity contribution in [3.63, 3.8) is 0 Å². The van der Waals surface area contributed by atoms with E-state index in [-0.39, 0.29) is 5.78 Å². The van der Waals surface area contributed by atoms with E-state index >= 15 is 0 Å². The van der Waals surface area contributed by atoms with Gasteiger partial charge in [0.15, 0.2) is 17.3 Å². The molecule has 0 radical (unpaired) electrons. The van der Waals surface area contributed by atoms with Crippen molar-refractivity contribution in [1.29, 1.82) is 0 Å². The van der Waals surface area contributed by atoms with Gasteiger partial charge < -0.3 is 19.9 Å². The molecule has 2 N–H and O–H groups in total. The van der Waals surface area contributed by atoms with Gasteiger partial charge in [0.25, 0.3) is 0 Å². The van der Waals surface area contributed by atoms with Crippen molar-refractivity contribution >= 4 is 11.5 Å². The van der Waals surface area contributed by atoms with Gasteiger partial charge in [0.05, 0.1) is 26.9 Å². The van der Waals surface area contributed by atoms with Gasteiger partial charge in [0.2, 0.25) is 0 Å². The Morgan fingerprint density at radius 3 is 2.18 bits per heavy atom. The molecule has 5 nitrogen and oxygen atoms in total. The lowest BCUT2D eigenvalue weighted by molar-refractivity contribution is 0.101. The molecule has 5 heteroatoms. The minimum Gasteiger partial charge on any atom is -0.496 e. The van der Waals surface area contributed by atoms with Crippen LogP contribution in [-0.2, 0) is 0 Å². The maximum Gasteiger partial charge on any atom is 0.168 e. The number of hydrogen-bond acceptors (Lipinski definition) is 5. The predicted octanol–water partition coefficient (Wildman–Crippen LogP) is 3.16. The molecule has 0 unspecified atom stereocenters. The third-order valence-corrected chi connectivity index (χ3v) is 3.39. The van der Waals surface area contributed by atoms with E-state index in [0.717, 1.165) is 11.1 Å². The molecule has 0 atom stereocenters. The van der Waals surface area contributed by atoms with Crippen molar-refractivity contribution in [1.82, 2.24) is 0 Å². The smallest absolute Gasteiger partial charge is 0.168 e. The van der Waals surface area contributed by atoms with E-state index in [9.17, 15) is 4.79 Å². The summed E-state index contributed by atoms with van der Waals surface area (Å²) >= 11 is 0. The van der Waals surface area contributed by atoms with E-state index < -0.39 is 0 Å². The van der Waals surface area contributed by atoms with Gasteiger partial charge in [-0.3, -0.25) is 4.79 Å². The van der Waals surface area contributed by atoms with Gasteiger partial charge in [0, 0.05) is 17.3 Å². The Morgan fingerprint density at radius 2 is 1.64 bits per heavy atom. The number of nitrogens with two attached hydrogens (primary N) is 1. The predicted molar refractivity (Wildman–Crippen MR) is 86.0 cm³/mol. The topological polar surface area (TPSA) is 70.8 Å². The molecule has 0 bridgehead atoms. The second-order valence-corrected chi connectivity index (χ2v) is 4.78. The summed E-state index contributed by atoms with van der Waals surface area (Å²) in [4.78, 5) is 11.6. The van der Waals surface area contributed by atoms with Gasteiger partial charge in [0.1, 0.15) is 5.75 Å². The molecular formula is C17H19NO4. The Bertz CT molecular complexity index is 710. The van der Waals surface area contributed by atoms with Gasteiger partial charge in [-0.2, -0.15) is 0 Å². The Balaban J connectivity index is 2.66. The number of benzene rings is 2. The van der Waals surface area contributed by atoms with Gasteiger partial charge in [-0.25, -0.2) is 0 Å². The lowest BCUT2D eigenvalue weighted by Gasteiger charge is -2.15. The maximum atomic E-state index is 11.6. The molecule has 0 aliphatic carbocycles. The molecule has 22 heavy (non-hydrogen) atoms. The van der Waals surface area contributed by atoms with Crippen LogP contribution in [-0.4, -0.2) is 27.1 Å². The van der Waals surface area contributed by atoms with Crippen molar-refractivity contribution in [2.24, 2.45) is 0 Å². The minimum absolute atomic E-state index is 0.0551. The fourth-order valence-corrected chi connectivity index (χ4v) is 2.35. The van der Waals surface area contributed by atoms with Gasteiger partial charge in [-0.1, -0.05) is 6.07 Å². The Labute approximate surface area is 129 Å². The molecule has 2 aromatic rings. The molecule has 0 saturated heterocycles. The van der Waals surface area contributed by atoms with Crippen LogP contribution in [0.4, 0.5) is 5.69 Å². The number of rotatable bonds is 5. The maximum absolute atomic E-state index is 11.6. The van der Waals surface area contributed by atoms with Crippen molar-refractivity contribution in [2.75, 3.05) is 27.1 Å². The van der Waals surface area contributed by atoms with Crippen LogP contribution in [0.15, 0.2) is 30.3 Å². The SMILES string of the molecule is COc1cc(-c2cc(N)cc(OC)c2OC)ccc1C(C)=O. The van der Waals surface area contributed by atoms with Crippen molar-refractivity contribution in [2.45, 2.75) is 6.92 Å². The number of Topliss-reactive ketones (excluding diaryl/α,β-unsaturated/α-hetero) is 1. The summed E-state index contributed by atoms with van der Waals surface area (Å²) in [7, 11) is 4.65. The van der Waals surface area contributed by atoms with Crippen LogP contribution >= 0.6 is 0 Å². The van der Waals surface area contributed by atoms with E-state index in [4.69, 9.17) is 19.9 Å². The fraction of sp³-hybridized carbons (Fsp3) is 0.235. The first-order valence-corrected chi connectivity index (χ1v) is 6.72. The molecule has 0 fully saturated rings. The van der Waals surface area contributed by atoms with E-state index in [1.807, 2.05) is 6.07 Å². The van der Waals surface area contributed by atoms with E-state index in [1.165, 1.54) is 14.0 Å². The normalized spacial score (nSPS) is 10.2. The quantitative estimate of drug-likeness (QED) is 0.678. The average Bonchev–Trinajstić information content (AvgIpc) is 2.53. The second-order valence-electron chi connectivity index (χ2n) is 4.78. The zero-order chi connectivity index (χ0) is 16.3. The summed E-state index contributed by atoms with van der Waals surface area (Å²) in [6, 6.07) is 8.84. The molecule has 0 aliphatic heterocycles. The molecule has 0 heterocycles. The fourth-order valence-electron chi connectivity index (χ4n) is 2.35. The summed E-state index contributed by atoms with van der Waals surface area (Å²) in [5.41, 5.74) is 8.60. The Kier molecular flexibility index (Phi) is 4.56.